The summed E-state index contributed by atoms with van der Waals surface area (Å²) in [7, 11) is 0. The summed E-state index contributed by atoms with van der Waals surface area (Å²) in [4.78, 5) is 32.2. The van der Waals surface area contributed by atoms with E-state index in [1.54, 1.807) is 4.57 Å². The van der Waals surface area contributed by atoms with E-state index in [4.69, 9.17) is 15.2 Å². The molecule has 0 aliphatic carbocycles. The zero-order chi connectivity index (χ0) is 16.6. The number of nitrogens with two attached hydrogens (primary N) is 1. The Morgan fingerprint density at radius 3 is 3.04 bits per heavy atom. The van der Waals surface area contributed by atoms with Crippen LogP contribution in [-0.2, 0) is 20.8 Å². The molecule has 2 atom stereocenters. The number of hydrogen-bond donors (Lipinski definition) is 1. The van der Waals surface area contributed by atoms with E-state index in [9.17, 15) is 9.59 Å². The molecular weight excluding hydrogens is 302 g/mol. The minimum Gasteiger partial charge on any atom is -0.458 e. The van der Waals surface area contributed by atoms with Crippen molar-refractivity contribution in [2.24, 2.45) is 0 Å². The van der Waals surface area contributed by atoms with Gasteiger partial charge in [-0.2, -0.15) is 4.98 Å². The highest BCUT2D eigenvalue weighted by atomic mass is 16.6. The molecule has 2 aromatic heterocycles. The van der Waals surface area contributed by atoms with Crippen molar-refractivity contribution in [3.8, 4) is 0 Å². The van der Waals surface area contributed by atoms with E-state index in [0.29, 0.717) is 30.7 Å². The SMILES string of the molecule is CCCn1c(=O)n(C2OCCC2OC(C)=O)c2nc(N)ncc21. The molecule has 0 radical (unpaired) electrons. The van der Waals surface area contributed by atoms with Gasteiger partial charge in [-0.1, -0.05) is 6.92 Å². The summed E-state index contributed by atoms with van der Waals surface area (Å²) < 4.78 is 13.9. The van der Waals surface area contributed by atoms with E-state index in [0.717, 1.165) is 6.42 Å². The predicted molar refractivity (Wildman–Crippen MR) is 81.7 cm³/mol. The fourth-order valence-electron chi connectivity index (χ4n) is 2.87. The van der Waals surface area contributed by atoms with Crippen molar-refractivity contribution >= 4 is 23.1 Å². The summed E-state index contributed by atoms with van der Waals surface area (Å²) in [6.07, 6.45) is 1.60. The van der Waals surface area contributed by atoms with E-state index in [1.165, 1.54) is 17.7 Å². The summed E-state index contributed by atoms with van der Waals surface area (Å²) >= 11 is 0. The molecule has 3 heterocycles. The molecule has 2 N–H and O–H groups in total. The molecule has 1 aliphatic rings. The van der Waals surface area contributed by atoms with Gasteiger partial charge in [-0.15, -0.1) is 0 Å². The van der Waals surface area contributed by atoms with Crippen LogP contribution < -0.4 is 11.4 Å². The maximum atomic E-state index is 12.8. The molecule has 1 fully saturated rings. The first kappa shape index (κ1) is 15.5. The molecule has 3 rings (SSSR count). The Bertz CT molecular complexity index is 796. The smallest absolute Gasteiger partial charge is 0.332 e. The lowest BCUT2D eigenvalue weighted by Crippen LogP contribution is -2.33. The topological polar surface area (TPSA) is 114 Å². The molecule has 2 unspecified atom stereocenters. The Labute approximate surface area is 132 Å². The van der Waals surface area contributed by atoms with Crippen LogP contribution in [0.2, 0.25) is 0 Å². The lowest BCUT2D eigenvalue weighted by atomic mass is 10.2. The quantitative estimate of drug-likeness (QED) is 0.812. The van der Waals surface area contributed by atoms with Gasteiger partial charge < -0.3 is 15.2 Å². The van der Waals surface area contributed by atoms with Gasteiger partial charge in [-0.25, -0.2) is 14.3 Å². The Morgan fingerprint density at radius 2 is 2.35 bits per heavy atom. The summed E-state index contributed by atoms with van der Waals surface area (Å²) in [6.45, 7) is 4.23. The largest absolute Gasteiger partial charge is 0.458 e. The van der Waals surface area contributed by atoms with Crippen molar-refractivity contribution in [1.29, 1.82) is 0 Å². The Kier molecular flexibility index (Phi) is 4.03. The van der Waals surface area contributed by atoms with Crippen molar-refractivity contribution in [1.82, 2.24) is 19.1 Å². The third kappa shape index (κ3) is 2.67. The fraction of sp³-hybridized carbons (Fsp3) is 0.571. The number of imidazole rings is 1. The number of aromatic nitrogens is 4. The van der Waals surface area contributed by atoms with E-state index in [2.05, 4.69) is 9.97 Å². The van der Waals surface area contributed by atoms with Crippen LogP contribution in [0.4, 0.5) is 5.95 Å². The number of esters is 1. The number of aryl methyl sites for hydroxylation is 1. The predicted octanol–water partition coefficient (Wildman–Crippen LogP) is 0.436. The second-order valence-electron chi connectivity index (χ2n) is 5.44. The summed E-state index contributed by atoms with van der Waals surface area (Å²) in [5.74, 6) is -0.341. The monoisotopic (exact) mass is 321 g/mol. The molecular formula is C14H19N5O4. The minimum absolute atomic E-state index is 0.0712. The first-order valence-electron chi connectivity index (χ1n) is 7.55. The van der Waals surface area contributed by atoms with Crippen molar-refractivity contribution in [2.45, 2.75) is 45.6 Å². The molecule has 0 bridgehead atoms. The van der Waals surface area contributed by atoms with Gasteiger partial charge in [0.15, 0.2) is 11.9 Å². The molecule has 0 aromatic carbocycles. The highest BCUT2D eigenvalue weighted by molar-refractivity contribution is 5.72. The van der Waals surface area contributed by atoms with Gasteiger partial charge in [-0.05, 0) is 6.42 Å². The second-order valence-corrected chi connectivity index (χ2v) is 5.44. The van der Waals surface area contributed by atoms with Gasteiger partial charge >= 0.3 is 11.7 Å². The van der Waals surface area contributed by atoms with E-state index < -0.39 is 18.3 Å². The van der Waals surface area contributed by atoms with Crippen LogP contribution in [0, 0.1) is 0 Å². The van der Waals surface area contributed by atoms with Crippen molar-refractivity contribution < 1.29 is 14.3 Å². The van der Waals surface area contributed by atoms with Crippen molar-refractivity contribution in [3.63, 3.8) is 0 Å². The Hall–Kier alpha value is -2.42. The maximum Gasteiger partial charge on any atom is 0.332 e. The fourth-order valence-corrected chi connectivity index (χ4v) is 2.87. The molecule has 124 valence electrons. The number of hydrogen-bond acceptors (Lipinski definition) is 7. The Balaban J connectivity index is 2.16. The summed E-state index contributed by atoms with van der Waals surface area (Å²) in [5, 5.41) is 0. The van der Waals surface area contributed by atoms with Crippen LogP contribution in [-0.4, -0.2) is 37.8 Å². The second kappa shape index (κ2) is 5.99. The van der Waals surface area contributed by atoms with E-state index in [-0.39, 0.29) is 11.6 Å². The number of carbonyl (C=O) groups is 1. The zero-order valence-corrected chi connectivity index (χ0v) is 13.1. The molecule has 1 saturated heterocycles. The first-order valence-corrected chi connectivity index (χ1v) is 7.55. The normalized spacial score (nSPS) is 21.0. The van der Waals surface area contributed by atoms with Crippen LogP contribution in [0.1, 0.15) is 32.9 Å². The first-order chi connectivity index (χ1) is 11.0. The zero-order valence-electron chi connectivity index (χ0n) is 13.1. The number of ether oxygens (including phenoxy) is 2. The third-order valence-corrected chi connectivity index (χ3v) is 3.75. The molecule has 1 aliphatic heterocycles. The van der Waals surface area contributed by atoms with E-state index >= 15 is 0 Å². The van der Waals surface area contributed by atoms with Crippen LogP contribution in [0.5, 0.6) is 0 Å². The number of rotatable bonds is 4. The third-order valence-electron chi connectivity index (χ3n) is 3.75. The van der Waals surface area contributed by atoms with Gasteiger partial charge in [0.25, 0.3) is 0 Å². The average molecular weight is 321 g/mol. The number of anilines is 1. The van der Waals surface area contributed by atoms with Crippen LogP contribution in [0.15, 0.2) is 11.0 Å². The van der Waals surface area contributed by atoms with Gasteiger partial charge in [0.2, 0.25) is 5.95 Å². The van der Waals surface area contributed by atoms with Crippen LogP contribution >= 0.6 is 0 Å². The summed E-state index contributed by atoms with van der Waals surface area (Å²) in [6, 6.07) is 0. The van der Waals surface area contributed by atoms with Gasteiger partial charge in [0.05, 0.1) is 12.8 Å². The van der Waals surface area contributed by atoms with Gasteiger partial charge in [-0.3, -0.25) is 9.36 Å². The molecule has 9 nitrogen and oxygen atoms in total. The van der Waals surface area contributed by atoms with Gasteiger partial charge in [0, 0.05) is 19.9 Å². The molecule has 23 heavy (non-hydrogen) atoms. The molecule has 0 saturated carbocycles. The minimum atomic E-state index is -0.707. The average Bonchev–Trinajstić information content (AvgIpc) is 3.02. The lowest BCUT2D eigenvalue weighted by molar-refractivity contribution is -0.151. The Morgan fingerprint density at radius 1 is 1.57 bits per heavy atom. The van der Waals surface area contributed by atoms with Crippen LogP contribution in [0.25, 0.3) is 11.2 Å². The van der Waals surface area contributed by atoms with Crippen LogP contribution in [0.3, 0.4) is 0 Å². The lowest BCUT2D eigenvalue weighted by Gasteiger charge is -2.19. The number of fused-ring (bicyclic) bond motifs is 1. The summed E-state index contributed by atoms with van der Waals surface area (Å²) in [5.41, 5.74) is 6.37. The van der Waals surface area contributed by atoms with Crippen molar-refractivity contribution in [3.05, 3.63) is 16.7 Å². The maximum absolute atomic E-state index is 12.8. The van der Waals surface area contributed by atoms with Gasteiger partial charge in [0.1, 0.15) is 11.6 Å². The molecule has 2 aromatic rings. The highest BCUT2D eigenvalue weighted by Crippen LogP contribution is 2.28. The van der Waals surface area contributed by atoms with E-state index in [1.807, 2.05) is 6.92 Å². The van der Waals surface area contributed by atoms with Crippen molar-refractivity contribution in [2.75, 3.05) is 12.3 Å². The number of nitrogens with zero attached hydrogens (tertiary/aromatic N) is 4. The molecule has 0 spiro atoms. The molecule has 0 amide bonds. The standard InChI is InChI=1S/C14H19N5O4/c1-3-5-18-9-7-16-13(15)17-11(9)19(14(18)21)12-10(4-6-22-12)23-8(2)20/h7,10,12H,3-6H2,1-2H3,(H2,15,16,17). The highest BCUT2D eigenvalue weighted by Gasteiger charge is 2.36. The molecule has 9 heteroatoms. The number of nitrogen functional groups attached to an aromatic ring is 1. The number of carbonyl (C=O) groups excluding carboxylic acids is 1.